The fourth-order valence-electron chi connectivity index (χ4n) is 1.69. The molecule has 17 heavy (non-hydrogen) atoms. The van der Waals surface area contributed by atoms with Crippen LogP contribution in [0.25, 0.3) is 0 Å². The zero-order chi connectivity index (χ0) is 12.8. The molecule has 0 saturated carbocycles. The smallest absolute Gasteiger partial charge is 0.310 e. The van der Waals surface area contributed by atoms with E-state index in [1.54, 1.807) is 26.0 Å². The number of carbonyl (C=O) groups excluding carboxylic acids is 1. The predicted octanol–water partition coefficient (Wildman–Crippen LogP) is 1.46. The first kappa shape index (κ1) is 13.2. The van der Waals surface area contributed by atoms with E-state index in [-0.39, 0.29) is 19.0 Å². The Balaban J connectivity index is 3.05. The summed E-state index contributed by atoms with van der Waals surface area (Å²) in [6, 6.07) is 5.39. The lowest BCUT2D eigenvalue weighted by molar-refractivity contribution is -0.142. The lowest BCUT2D eigenvalue weighted by Crippen LogP contribution is -2.10. The van der Waals surface area contributed by atoms with Crippen LogP contribution in [0.4, 0.5) is 0 Å². The third-order valence-electron chi connectivity index (χ3n) is 2.61. The second-order valence-electron chi connectivity index (χ2n) is 3.63. The number of aliphatic hydroxyl groups is 1. The van der Waals surface area contributed by atoms with Crippen LogP contribution < -0.4 is 0 Å². The Morgan fingerprint density at radius 3 is 2.76 bits per heavy atom. The summed E-state index contributed by atoms with van der Waals surface area (Å²) in [7, 11) is 0. The quantitative estimate of drug-likeness (QED) is 0.799. The highest BCUT2D eigenvalue weighted by Crippen LogP contribution is 2.19. The topological polar surface area (TPSA) is 70.3 Å². The van der Waals surface area contributed by atoms with Gasteiger partial charge in [0.15, 0.2) is 0 Å². The molecule has 0 radical (unpaired) electrons. The molecule has 0 amide bonds. The second kappa shape index (κ2) is 6.02. The molecule has 1 aromatic carbocycles. The molecule has 0 unspecified atom stereocenters. The number of nitrogens with zero attached hydrogens (tertiary/aromatic N) is 1. The van der Waals surface area contributed by atoms with E-state index in [4.69, 9.17) is 10.00 Å². The maximum atomic E-state index is 11.4. The monoisotopic (exact) mass is 233 g/mol. The van der Waals surface area contributed by atoms with Gasteiger partial charge in [-0.15, -0.1) is 0 Å². The summed E-state index contributed by atoms with van der Waals surface area (Å²) in [6.07, 6.45) is 0.121. The molecule has 1 N–H and O–H groups in total. The van der Waals surface area contributed by atoms with Crippen LogP contribution in [0.5, 0.6) is 0 Å². The van der Waals surface area contributed by atoms with E-state index in [1.807, 2.05) is 6.07 Å². The fraction of sp³-hybridized carbons (Fsp3) is 0.385. The number of esters is 1. The third-order valence-corrected chi connectivity index (χ3v) is 2.61. The van der Waals surface area contributed by atoms with Crippen LogP contribution in [-0.2, 0) is 22.6 Å². The van der Waals surface area contributed by atoms with Gasteiger partial charge in [-0.1, -0.05) is 6.07 Å². The molecule has 0 aliphatic heterocycles. The van der Waals surface area contributed by atoms with E-state index in [2.05, 4.69) is 0 Å². The number of rotatable bonds is 4. The van der Waals surface area contributed by atoms with Crippen LogP contribution in [0, 0.1) is 18.3 Å². The van der Waals surface area contributed by atoms with E-state index in [0.717, 1.165) is 5.56 Å². The van der Waals surface area contributed by atoms with Crippen LogP contribution in [-0.4, -0.2) is 17.7 Å². The van der Waals surface area contributed by atoms with Crippen molar-refractivity contribution in [1.82, 2.24) is 0 Å². The molecule has 0 heterocycles. The average molecular weight is 233 g/mol. The van der Waals surface area contributed by atoms with Crippen LogP contribution in [0.15, 0.2) is 12.1 Å². The number of nitriles is 1. The normalized spacial score (nSPS) is 9.76. The van der Waals surface area contributed by atoms with Gasteiger partial charge in [0.05, 0.1) is 31.3 Å². The van der Waals surface area contributed by atoms with Gasteiger partial charge in [0.25, 0.3) is 0 Å². The van der Waals surface area contributed by atoms with E-state index in [1.165, 1.54) is 0 Å². The Morgan fingerprint density at radius 1 is 1.53 bits per heavy atom. The van der Waals surface area contributed by atoms with Crippen molar-refractivity contribution in [3.63, 3.8) is 0 Å². The molecule has 0 atom stereocenters. The standard InChI is InChI=1S/C13H15NO3/c1-3-17-13(16)6-10-4-5-11(7-14)9(2)12(10)8-15/h4-5,15H,3,6,8H2,1-2H3. The lowest BCUT2D eigenvalue weighted by Gasteiger charge is -2.11. The summed E-state index contributed by atoms with van der Waals surface area (Å²) < 4.78 is 4.86. The fourth-order valence-corrected chi connectivity index (χ4v) is 1.69. The first-order valence-corrected chi connectivity index (χ1v) is 5.42. The van der Waals surface area contributed by atoms with Crippen LogP contribution >= 0.6 is 0 Å². The third kappa shape index (κ3) is 3.05. The van der Waals surface area contributed by atoms with Crippen molar-refractivity contribution >= 4 is 5.97 Å². The predicted molar refractivity (Wildman–Crippen MR) is 62.2 cm³/mol. The van der Waals surface area contributed by atoms with Gasteiger partial charge in [-0.25, -0.2) is 0 Å². The van der Waals surface area contributed by atoms with Gasteiger partial charge in [0, 0.05) is 0 Å². The zero-order valence-electron chi connectivity index (χ0n) is 9.99. The van der Waals surface area contributed by atoms with E-state index < -0.39 is 0 Å². The van der Waals surface area contributed by atoms with Crippen molar-refractivity contribution in [3.8, 4) is 6.07 Å². The number of carbonyl (C=O) groups is 1. The molecule has 4 heteroatoms. The first-order valence-electron chi connectivity index (χ1n) is 5.42. The van der Waals surface area contributed by atoms with Gasteiger partial charge in [0.1, 0.15) is 0 Å². The largest absolute Gasteiger partial charge is 0.466 e. The number of hydrogen-bond donors (Lipinski definition) is 1. The highest BCUT2D eigenvalue weighted by Gasteiger charge is 2.12. The molecule has 0 bridgehead atoms. The summed E-state index contributed by atoms with van der Waals surface area (Å²) in [6.45, 7) is 3.66. The van der Waals surface area contributed by atoms with Gasteiger partial charge in [-0.2, -0.15) is 5.26 Å². The van der Waals surface area contributed by atoms with Crippen LogP contribution in [0.2, 0.25) is 0 Å². The van der Waals surface area contributed by atoms with E-state index >= 15 is 0 Å². The van der Waals surface area contributed by atoms with Gasteiger partial charge < -0.3 is 9.84 Å². The van der Waals surface area contributed by atoms with Crippen molar-refractivity contribution in [1.29, 1.82) is 5.26 Å². The zero-order valence-corrected chi connectivity index (χ0v) is 9.99. The number of ether oxygens (including phenoxy) is 1. The number of aliphatic hydroxyl groups excluding tert-OH is 1. The van der Waals surface area contributed by atoms with E-state index in [0.29, 0.717) is 23.3 Å². The molecule has 1 rings (SSSR count). The Hall–Kier alpha value is -1.86. The van der Waals surface area contributed by atoms with Crippen molar-refractivity contribution in [3.05, 3.63) is 34.4 Å². The molecule has 4 nitrogen and oxygen atoms in total. The SMILES string of the molecule is CCOC(=O)Cc1ccc(C#N)c(C)c1CO. The number of hydrogen-bond acceptors (Lipinski definition) is 4. The summed E-state index contributed by atoms with van der Waals surface area (Å²) in [5, 5.41) is 18.2. The lowest BCUT2D eigenvalue weighted by atomic mass is 9.96. The van der Waals surface area contributed by atoms with Gasteiger partial charge in [-0.05, 0) is 36.6 Å². The first-order chi connectivity index (χ1) is 8.13. The van der Waals surface area contributed by atoms with Crippen molar-refractivity contribution in [2.24, 2.45) is 0 Å². The molecule has 0 fully saturated rings. The molecular formula is C13H15NO3. The average Bonchev–Trinajstić information content (AvgIpc) is 2.30. The number of benzene rings is 1. The second-order valence-corrected chi connectivity index (χ2v) is 3.63. The molecule has 0 aliphatic rings. The maximum absolute atomic E-state index is 11.4. The molecule has 1 aromatic rings. The minimum atomic E-state index is -0.327. The summed E-state index contributed by atoms with van der Waals surface area (Å²) in [5.41, 5.74) is 2.58. The molecule has 90 valence electrons. The van der Waals surface area contributed by atoms with Crippen molar-refractivity contribution < 1.29 is 14.6 Å². The molecule has 0 aromatic heterocycles. The molecule has 0 saturated heterocycles. The Morgan fingerprint density at radius 2 is 2.24 bits per heavy atom. The van der Waals surface area contributed by atoms with Crippen molar-refractivity contribution in [2.45, 2.75) is 26.9 Å². The molecule has 0 aliphatic carbocycles. The summed E-state index contributed by atoms with van der Waals surface area (Å²) in [5.74, 6) is -0.327. The minimum Gasteiger partial charge on any atom is -0.466 e. The summed E-state index contributed by atoms with van der Waals surface area (Å²) >= 11 is 0. The Bertz CT molecular complexity index is 460. The van der Waals surface area contributed by atoms with Gasteiger partial charge in [-0.3, -0.25) is 4.79 Å². The van der Waals surface area contributed by atoms with Crippen LogP contribution in [0.3, 0.4) is 0 Å². The van der Waals surface area contributed by atoms with Crippen molar-refractivity contribution in [2.75, 3.05) is 6.61 Å². The maximum Gasteiger partial charge on any atom is 0.310 e. The Labute approximate surface area is 100 Å². The Kier molecular flexibility index (Phi) is 4.68. The van der Waals surface area contributed by atoms with Gasteiger partial charge in [0.2, 0.25) is 0 Å². The molecular weight excluding hydrogens is 218 g/mol. The molecule has 0 spiro atoms. The highest BCUT2D eigenvalue weighted by molar-refractivity contribution is 5.73. The highest BCUT2D eigenvalue weighted by atomic mass is 16.5. The van der Waals surface area contributed by atoms with E-state index in [9.17, 15) is 9.90 Å². The van der Waals surface area contributed by atoms with Gasteiger partial charge >= 0.3 is 5.97 Å². The minimum absolute atomic E-state index is 0.121. The summed E-state index contributed by atoms with van der Waals surface area (Å²) in [4.78, 5) is 11.4. The van der Waals surface area contributed by atoms with Crippen LogP contribution in [0.1, 0.15) is 29.2 Å².